The summed E-state index contributed by atoms with van der Waals surface area (Å²) < 4.78 is 39.0. The summed E-state index contributed by atoms with van der Waals surface area (Å²) in [5.41, 5.74) is 1.82. The van der Waals surface area contributed by atoms with Crippen LogP contribution in [0.1, 0.15) is 129 Å². The molecule has 1 rings (SSSR count). The first-order valence-corrected chi connectivity index (χ1v) is 13.9. The van der Waals surface area contributed by atoms with Gasteiger partial charge in [-0.05, 0) is 42.9 Å². The minimum Gasteiger partial charge on any atom is -0.418 e. The van der Waals surface area contributed by atoms with E-state index in [0.29, 0.717) is 5.41 Å². The summed E-state index contributed by atoms with van der Waals surface area (Å²) >= 11 is 3.55. The van der Waals surface area contributed by atoms with Gasteiger partial charge in [0.15, 0.2) is 0 Å². The van der Waals surface area contributed by atoms with Gasteiger partial charge in [0.2, 0.25) is 0 Å². The zero-order valence-electron chi connectivity index (χ0n) is 21.2. The van der Waals surface area contributed by atoms with Crippen molar-refractivity contribution in [3.05, 3.63) is 35.9 Å². The highest BCUT2D eigenvalue weighted by atomic mass is 32.1. The third-order valence-electron chi connectivity index (χ3n) is 6.28. The molecular weight excluding hydrogens is 443 g/mol. The molecule has 0 bridgehead atoms. The summed E-state index contributed by atoms with van der Waals surface area (Å²) in [6.07, 6.45) is 24.3. The molecule has 0 nitrogen and oxygen atoms in total. The Morgan fingerprint density at radius 3 is 1.21 bits per heavy atom. The van der Waals surface area contributed by atoms with Crippen molar-refractivity contribution in [2.75, 3.05) is 5.75 Å². The molecule has 0 radical (unpaired) electrons. The summed E-state index contributed by atoms with van der Waals surface area (Å²) in [5.74, 6) is 1.17. The number of rotatable bonds is 19. The standard InChI is InChI=1S/C27H48S.BF4/c1-27(2,26-22-18-17-19-23-26)24-20-15-13-11-9-7-5-3-4-6-8-10-12-14-16-21-25-28;2-1(3,4)5/h17-19,22-23,28H,3-16,20-21,24-25H2,1-2H3;/q;-1/p+1. The summed E-state index contributed by atoms with van der Waals surface area (Å²) in [4.78, 5) is 0. The molecule has 0 saturated heterocycles. The molecule has 0 atom stereocenters. The number of hydrogen-bond donors (Lipinski definition) is 0. The first-order chi connectivity index (χ1) is 15.7. The Balaban J connectivity index is 0.00000184. The highest BCUT2D eigenvalue weighted by molar-refractivity contribution is 7.58. The van der Waals surface area contributed by atoms with Crippen LogP contribution in [0, 0.1) is 0 Å². The molecular formula is C27H49BF4S. The molecule has 33 heavy (non-hydrogen) atoms. The van der Waals surface area contributed by atoms with E-state index in [0.717, 1.165) is 0 Å². The lowest BCUT2D eigenvalue weighted by Crippen LogP contribution is -2.16. The normalized spacial score (nSPS) is 11.8. The van der Waals surface area contributed by atoms with Crippen molar-refractivity contribution < 1.29 is 17.3 Å². The number of hydrogen-bond acceptors (Lipinski definition) is 0. The van der Waals surface area contributed by atoms with Gasteiger partial charge in [0.25, 0.3) is 0 Å². The molecule has 0 amide bonds. The molecule has 1 aromatic rings. The topological polar surface area (TPSA) is 0 Å². The van der Waals surface area contributed by atoms with Crippen LogP contribution >= 0.6 is 0 Å². The highest BCUT2D eigenvalue weighted by Crippen LogP contribution is 2.29. The smallest absolute Gasteiger partial charge is 0.418 e. The lowest BCUT2D eigenvalue weighted by molar-refractivity contribution is 0.368. The molecule has 6 heteroatoms. The van der Waals surface area contributed by atoms with Gasteiger partial charge >= 0.3 is 7.25 Å². The Labute approximate surface area is 207 Å². The summed E-state index contributed by atoms with van der Waals surface area (Å²) in [5, 5.41) is 0. The predicted molar refractivity (Wildman–Crippen MR) is 143 cm³/mol. The van der Waals surface area contributed by atoms with Crippen LogP contribution in [0.2, 0.25) is 0 Å². The van der Waals surface area contributed by atoms with E-state index >= 15 is 0 Å². The van der Waals surface area contributed by atoms with Crippen LogP contribution in [0.15, 0.2) is 30.3 Å². The molecule has 0 N–H and O–H groups in total. The summed E-state index contributed by atoms with van der Waals surface area (Å²) in [6, 6.07) is 11.0. The average molecular weight is 493 g/mol. The number of unbranched alkanes of at least 4 members (excludes halogenated alkanes) is 15. The van der Waals surface area contributed by atoms with Crippen molar-refractivity contribution in [1.82, 2.24) is 0 Å². The van der Waals surface area contributed by atoms with Crippen molar-refractivity contribution in [1.29, 1.82) is 0 Å². The van der Waals surface area contributed by atoms with Crippen LogP contribution < -0.4 is 0 Å². The molecule has 0 heterocycles. The molecule has 194 valence electrons. The van der Waals surface area contributed by atoms with Crippen molar-refractivity contribution in [3.8, 4) is 0 Å². The lowest BCUT2D eigenvalue weighted by atomic mass is 9.80. The molecule has 0 fully saturated rings. The van der Waals surface area contributed by atoms with Gasteiger partial charge in [-0.1, -0.05) is 134 Å². The van der Waals surface area contributed by atoms with Crippen LogP contribution in [0.5, 0.6) is 0 Å². The first kappa shape index (κ1) is 32.4. The maximum Gasteiger partial charge on any atom is 0.673 e. The Morgan fingerprint density at radius 2 is 0.879 bits per heavy atom. The van der Waals surface area contributed by atoms with Crippen LogP contribution in [-0.2, 0) is 18.0 Å². The molecule has 1 aromatic carbocycles. The van der Waals surface area contributed by atoms with Crippen molar-refractivity contribution in [2.45, 2.75) is 128 Å². The molecule has 0 spiro atoms. The largest absolute Gasteiger partial charge is 0.673 e. The maximum absolute atomic E-state index is 9.75. The summed E-state index contributed by atoms with van der Waals surface area (Å²) in [6.45, 7) is 4.79. The molecule has 0 aromatic heterocycles. The predicted octanol–water partition coefficient (Wildman–Crippen LogP) is 9.91. The van der Waals surface area contributed by atoms with Gasteiger partial charge < -0.3 is 17.3 Å². The van der Waals surface area contributed by atoms with Crippen molar-refractivity contribution in [2.24, 2.45) is 0 Å². The Hall–Kier alpha value is -0.645. The molecule has 0 aliphatic heterocycles. The van der Waals surface area contributed by atoms with E-state index in [1.54, 1.807) is 0 Å². The third kappa shape index (κ3) is 24.3. The van der Waals surface area contributed by atoms with E-state index in [2.05, 4.69) is 56.8 Å². The van der Waals surface area contributed by atoms with Crippen molar-refractivity contribution in [3.63, 3.8) is 0 Å². The second-order valence-electron chi connectivity index (χ2n) is 9.90. The van der Waals surface area contributed by atoms with E-state index < -0.39 is 7.25 Å². The zero-order chi connectivity index (χ0) is 24.8. The van der Waals surface area contributed by atoms with Crippen LogP contribution in [-0.4, -0.2) is 13.0 Å². The van der Waals surface area contributed by atoms with Crippen LogP contribution in [0.4, 0.5) is 17.3 Å². The molecule has 0 aliphatic carbocycles. The van der Waals surface area contributed by atoms with Gasteiger partial charge in [-0.25, -0.2) is 0 Å². The zero-order valence-corrected chi connectivity index (χ0v) is 22.2. The fraction of sp³-hybridized carbons (Fsp3) is 0.778. The maximum atomic E-state index is 9.75. The highest BCUT2D eigenvalue weighted by Gasteiger charge is 2.20. The van der Waals surface area contributed by atoms with Gasteiger partial charge in [-0.2, -0.15) is 0 Å². The average Bonchev–Trinajstić information content (AvgIpc) is 2.75. The van der Waals surface area contributed by atoms with Gasteiger partial charge in [-0.3, -0.25) is 0 Å². The van der Waals surface area contributed by atoms with Gasteiger partial charge in [0.05, 0.1) is 0 Å². The SMILES string of the molecule is CC(C)(CCCCCCCCCCCCCCCCCC[SH2+])c1ccccc1.F[B-](F)(F)F. The fourth-order valence-electron chi connectivity index (χ4n) is 4.20. The van der Waals surface area contributed by atoms with Crippen LogP contribution in [0.25, 0.3) is 0 Å². The number of benzene rings is 1. The fourth-order valence-corrected chi connectivity index (χ4v) is 4.45. The minimum absolute atomic E-state index is 0.328. The van der Waals surface area contributed by atoms with E-state index in [-0.39, 0.29) is 0 Å². The molecule has 0 unspecified atom stereocenters. The molecule has 0 aliphatic rings. The van der Waals surface area contributed by atoms with Crippen LogP contribution in [0.3, 0.4) is 0 Å². The third-order valence-corrected chi connectivity index (χ3v) is 6.64. The van der Waals surface area contributed by atoms with E-state index in [9.17, 15) is 17.3 Å². The Kier molecular flexibility index (Phi) is 20.3. The van der Waals surface area contributed by atoms with Gasteiger partial charge in [0, 0.05) is 0 Å². The summed E-state index contributed by atoms with van der Waals surface area (Å²) in [7, 11) is -6.00. The second kappa shape index (κ2) is 20.7. The second-order valence-corrected chi connectivity index (χ2v) is 10.4. The first-order valence-electron chi connectivity index (χ1n) is 13.2. The van der Waals surface area contributed by atoms with E-state index in [1.807, 2.05) is 0 Å². The number of halogens is 4. The van der Waals surface area contributed by atoms with Crippen molar-refractivity contribution >= 4 is 19.9 Å². The van der Waals surface area contributed by atoms with Gasteiger partial charge in [0.1, 0.15) is 5.75 Å². The Bertz CT molecular complexity index is 529. The molecule has 0 saturated carbocycles. The van der Waals surface area contributed by atoms with Gasteiger partial charge in [-0.15, -0.1) is 0 Å². The van der Waals surface area contributed by atoms with E-state index in [1.165, 1.54) is 120 Å². The monoisotopic (exact) mass is 492 g/mol. The quantitative estimate of drug-likeness (QED) is 0.0780. The van der Waals surface area contributed by atoms with E-state index in [4.69, 9.17) is 0 Å². The lowest BCUT2D eigenvalue weighted by Gasteiger charge is -2.25. The minimum atomic E-state index is -6.00. The Morgan fingerprint density at radius 1 is 0.576 bits per heavy atom.